The number of hydrogen-bond donors (Lipinski definition) is 0. The highest BCUT2D eigenvalue weighted by Gasteiger charge is 2.20. The van der Waals surface area contributed by atoms with Crippen LogP contribution in [0.15, 0.2) is 109 Å². The first-order valence-electron chi connectivity index (χ1n) is 9.09. The Balaban J connectivity index is 1.95. The Hall–Kier alpha value is -3.12. The van der Waals surface area contributed by atoms with E-state index in [2.05, 4.69) is 116 Å². The maximum absolute atomic E-state index is 2.27. The van der Waals surface area contributed by atoms with Crippen molar-refractivity contribution in [1.29, 1.82) is 0 Å². The lowest BCUT2D eigenvalue weighted by Crippen LogP contribution is -2.05. The molecule has 4 aromatic rings. The monoisotopic (exact) mass is 334 g/mol. The van der Waals surface area contributed by atoms with Crippen LogP contribution in [0.5, 0.6) is 0 Å². The van der Waals surface area contributed by atoms with Crippen molar-refractivity contribution in [3.63, 3.8) is 0 Å². The fraction of sp³-hybridized carbons (Fsp3) is 0.0769. The predicted octanol–water partition coefficient (Wildman–Crippen LogP) is 6.84. The smallest absolute Gasteiger partial charge is 0.0346 e. The quantitative estimate of drug-likeness (QED) is 0.358. The van der Waals surface area contributed by atoms with Crippen molar-refractivity contribution in [2.45, 2.75) is 12.8 Å². The largest absolute Gasteiger partial charge is 0.0622 e. The molecule has 0 N–H and O–H groups in total. The van der Waals surface area contributed by atoms with Gasteiger partial charge in [-0.25, -0.2) is 0 Å². The summed E-state index contributed by atoms with van der Waals surface area (Å²) in [4.78, 5) is 0. The standard InChI is InChI=1S/C26H22/c1-20-12-8-9-17-23(20)24-18-10-11-19-25(24)26(21-13-4-2-5-14-21)22-15-6-3-7-16-22/h2-19,26H,1H3. The molecule has 0 atom stereocenters. The van der Waals surface area contributed by atoms with E-state index in [1.165, 1.54) is 33.4 Å². The van der Waals surface area contributed by atoms with Gasteiger partial charge in [-0.1, -0.05) is 109 Å². The molecular weight excluding hydrogens is 312 g/mol. The summed E-state index contributed by atoms with van der Waals surface area (Å²) >= 11 is 0. The van der Waals surface area contributed by atoms with Gasteiger partial charge < -0.3 is 0 Å². The van der Waals surface area contributed by atoms with Crippen LogP contribution in [0, 0.1) is 6.92 Å². The van der Waals surface area contributed by atoms with Gasteiger partial charge >= 0.3 is 0 Å². The average Bonchev–Trinajstić information content (AvgIpc) is 2.71. The Labute approximate surface area is 155 Å². The van der Waals surface area contributed by atoms with E-state index in [9.17, 15) is 0 Å². The van der Waals surface area contributed by atoms with Crippen molar-refractivity contribution in [3.05, 3.63) is 131 Å². The maximum Gasteiger partial charge on any atom is 0.0346 e. The first-order valence-corrected chi connectivity index (χ1v) is 9.09. The van der Waals surface area contributed by atoms with Crippen molar-refractivity contribution in [1.82, 2.24) is 0 Å². The molecule has 0 saturated heterocycles. The fourth-order valence-electron chi connectivity index (χ4n) is 3.71. The van der Waals surface area contributed by atoms with Gasteiger partial charge in [-0.15, -0.1) is 0 Å². The molecule has 0 aliphatic heterocycles. The van der Waals surface area contributed by atoms with E-state index in [0.717, 1.165) is 0 Å². The van der Waals surface area contributed by atoms with Gasteiger partial charge in [0.15, 0.2) is 0 Å². The highest BCUT2D eigenvalue weighted by Crippen LogP contribution is 2.38. The number of aryl methyl sites for hydroxylation is 1. The summed E-state index contributed by atoms with van der Waals surface area (Å²) in [6.45, 7) is 2.19. The van der Waals surface area contributed by atoms with Crippen LogP contribution in [-0.4, -0.2) is 0 Å². The second kappa shape index (κ2) is 7.41. The summed E-state index contributed by atoms with van der Waals surface area (Å²) < 4.78 is 0. The third-order valence-electron chi connectivity index (χ3n) is 4.97. The van der Waals surface area contributed by atoms with E-state index in [4.69, 9.17) is 0 Å². The zero-order valence-electron chi connectivity index (χ0n) is 15.0. The second-order valence-corrected chi connectivity index (χ2v) is 6.66. The summed E-state index contributed by atoms with van der Waals surface area (Å²) in [7, 11) is 0. The highest BCUT2D eigenvalue weighted by molar-refractivity contribution is 5.72. The molecule has 0 saturated carbocycles. The zero-order chi connectivity index (χ0) is 17.8. The normalized spacial score (nSPS) is 10.8. The van der Waals surface area contributed by atoms with E-state index < -0.39 is 0 Å². The van der Waals surface area contributed by atoms with Crippen LogP contribution in [0.3, 0.4) is 0 Å². The zero-order valence-corrected chi connectivity index (χ0v) is 15.0. The van der Waals surface area contributed by atoms with Crippen molar-refractivity contribution in [3.8, 4) is 11.1 Å². The first-order chi connectivity index (χ1) is 12.8. The minimum atomic E-state index is 0.216. The van der Waals surface area contributed by atoms with Crippen molar-refractivity contribution in [2.24, 2.45) is 0 Å². The molecule has 0 heterocycles. The Morgan fingerprint density at radius 2 is 0.923 bits per heavy atom. The van der Waals surface area contributed by atoms with Crippen LogP contribution in [0.25, 0.3) is 11.1 Å². The van der Waals surface area contributed by atoms with Crippen molar-refractivity contribution < 1.29 is 0 Å². The molecule has 0 aromatic heterocycles. The summed E-state index contributed by atoms with van der Waals surface area (Å²) in [5.74, 6) is 0.216. The van der Waals surface area contributed by atoms with Gasteiger partial charge in [-0.05, 0) is 40.3 Å². The summed E-state index contributed by atoms with van der Waals surface area (Å²) in [6, 6.07) is 39.0. The lowest BCUT2D eigenvalue weighted by atomic mass is 9.81. The van der Waals surface area contributed by atoms with E-state index in [1.54, 1.807) is 0 Å². The molecule has 0 unspecified atom stereocenters. The van der Waals surface area contributed by atoms with Crippen molar-refractivity contribution >= 4 is 0 Å². The Morgan fingerprint density at radius 1 is 0.462 bits per heavy atom. The fourth-order valence-corrected chi connectivity index (χ4v) is 3.71. The molecule has 0 bridgehead atoms. The second-order valence-electron chi connectivity index (χ2n) is 6.66. The van der Waals surface area contributed by atoms with Crippen LogP contribution in [0.4, 0.5) is 0 Å². The summed E-state index contributed by atoms with van der Waals surface area (Å²) in [6.07, 6.45) is 0. The molecule has 0 amide bonds. The van der Waals surface area contributed by atoms with Gasteiger partial charge in [0.05, 0.1) is 0 Å². The van der Waals surface area contributed by atoms with E-state index in [1.807, 2.05) is 0 Å². The third kappa shape index (κ3) is 3.19. The van der Waals surface area contributed by atoms with E-state index in [0.29, 0.717) is 0 Å². The molecule has 0 aliphatic rings. The lowest BCUT2D eigenvalue weighted by molar-refractivity contribution is 0.979. The maximum atomic E-state index is 2.27. The average molecular weight is 334 g/mol. The molecule has 0 heteroatoms. The van der Waals surface area contributed by atoms with Gasteiger partial charge in [0.25, 0.3) is 0 Å². The number of hydrogen-bond acceptors (Lipinski definition) is 0. The minimum absolute atomic E-state index is 0.216. The molecule has 126 valence electrons. The van der Waals surface area contributed by atoms with Crippen molar-refractivity contribution in [2.75, 3.05) is 0 Å². The minimum Gasteiger partial charge on any atom is -0.0622 e. The molecule has 0 spiro atoms. The Morgan fingerprint density at radius 3 is 1.50 bits per heavy atom. The molecule has 0 fully saturated rings. The van der Waals surface area contributed by atoms with Gasteiger partial charge in [-0.2, -0.15) is 0 Å². The van der Waals surface area contributed by atoms with Gasteiger partial charge in [0.1, 0.15) is 0 Å². The van der Waals surface area contributed by atoms with E-state index >= 15 is 0 Å². The molecule has 4 aromatic carbocycles. The number of rotatable bonds is 4. The Kier molecular flexibility index (Phi) is 4.66. The molecule has 0 aliphatic carbocycles. The van der Waals surface area contributed by atoms with Crippen LogP contribution in [0.2, 0.25) is 0 Å². The molecule has 26 heavy (non-hydrogen) atoms. The van der Waals surface area contributed by atoms with Gasteiger partial charge in [0, 0.05) is 5.92 Å². The molecule has 4 rings (SSSR count). The summed E-state index contributed by atoms with van der Waals surface area (Å²) in [5, 5.41) is 0. The predicted molar refractivity (Wildman–Crippen MR) is 110 cm³/mol. The van der Waals surface area contributed by atoms with Crippen LogP contribution >= 0.6 is 0 Å². The lowest BCUT2D eigenvalue weighted by Gasteiger charge is -2.22. The van der Waals surface area contributed by atoms with E-state index in [-0.39, 0.29) is 5.92 Å². The molecular formula is C26H22. The summed E-state index contributed by atoms with van der Waals surface area (Å²) in [5.41, 5.74) is 7.90. The number of benzene rings is 4. The SMILES string of the molecule is Cc1ccccc1-c1ccccc1C(c1ccccc1)c1ccccc1. The van der Waals surface area contributed by atoms with Gasteiger partial charge in [0.2, 0.25) is 0 Å². The third-order valence-corrected chi connectivity index (χ3v) is 4.97. The Bertz CT molecular complexity index is 945. The van der Waals surface area contributed by atoms with Crippen LogP contribution < -0.4 is 0 Å². The first kappa shape index (κ1) is 16.4. The highest BCUT2D eigenvalue weighted by atomic mass is 14.2. The molecule has 0 radical (unpaired) electrons. The van der Waals surface area contributed by atoms with Crippen LogP contribution in [0.1, 0.15) is 28.2 Å². The van der Waals surface area contributed by atoms with Gasteiger partial charge in [-0.3, -0.25) is 0 Å². The molecule has 0 nitrogen and oxygen atoms in total. The topological polar surface area (TPSA) is 0 Å². The van der Waals surface area contributed by atoms with Crippen LogP contribution in [-0.2, 0) is 0 Å².